The van der Waals surface area contributed by atoms with Crippen LogP contribution in [0.2, 0.25) is 10.0 Å². The number of halogens is 2. The van der Waals surface area contributed by atoms with Crippen LogP contribution >= 0.6 is 23.2 Å². The van der Waals surface area contributed by atoms with E-state index in [0.717, 1.165) is 24.0 Å². The number of benzene rings is 2. The molecule has 0 aliphatic rings. The highest BCUT2D eigenvalue weighted by Crippen LogP contribution is 2.27. The van der Waals surface area contributed by atoms with E-state index in [2.05, 4.69) is 32.0 Å². The molecule has 0 bridgehead atoms. The maximum atomic E-state index is 10.6. The molecule has 0 aromatic heterocycles. The van der Waals surface area contributed by atoms with Gasteiger partial charge in [0.1, 0.15) is 0 Å². The first-order valence-electron chi connectivity index (χ1n) is 7.28. The molecule has 1 atom stereocenters. The SMILES string of the molecule is CCc1ccc(CC)c(C(O)Cc2ccc(Cl)c(Cl)c2)c1. The zero-order valence-electron chi connectivity index (χ0n) is 12.4. The lowest BCUT2D eigenvalue weighted by Crippen LogP contribution is -2.06. The van der Waals surface area contributed by atoms with Crippen LogP contribution in [0.5, 0.6) is 0 Å². The Morgan fingerprint density at radius 3 is 2.24 bits per heavy atom. The van der Waals surface area contributed by atoms with Crippen molar-refractivity contribution in [3.8, 4) is 0 Å². The predicted octanol–water partition coefficient (Wildman–Crippen LogP) is 5.39. The molecule has 112 valence electrons. The van der Waals surface area contributed by atoms with Crippen molar-refractivity contribution in [3.63, 3.8) is 0 Å². The summed E-state index contributed by atoms with van der Waals surface area (Å²) in [6.45, 7) is 4.23. The minimum atomic E-state index is -0.524. The van der Waals surface area contributed by atoms with Crippen LogP contribution in [-0.2, 0) is 19.3 Å². The van der Waals surface area contributed by atoms with E-state index in [1.165, 1.54) is 11.1 Å². The van der Waals surface area contributed by atoms with Crippen molar-refractivity contribution in [2.75, 3.05) is 0 Å². The number of aryl methyl sites for hydroxylation is 2. The molecule has 21 heavy (non-hydrogen) atoms. The van der Waals surface area contributed by atoms with Gasteiger partial charge in [-0.3, -0.25) is 0 Å². The molecule has 1 nitrogen and oxygen atoms in total. The molecule has 0 aliphatic heterocycles. The number of hydrogen-bond donors (Lipinski definition) is 1. The molecule has 0 fully saturated rings. The van der Waals surface area contributed by atoms with Crippen LogP contribution in [0.4, 0.5) is 0 Å². The minimum absolute atomic E-state index is 0.524. The molecular formula is C18H20Cl2O. The Balaban J connectivity index is 2.26. The van der Waals surface area contributed by atoms with Gasteiger partial charge in [-0.1, -0.05) is 61.3 Å². The van der Waals surface area contributed by atoms with Gasteiger partial charge >= 0.3 is 0 Å². The van der Waals surface area contributed by atoms with Gasteiger partial charge in [-0.2, -0.15) is 0 Å². The maximum Gasteiger partial charge on any atom is 0.0833 e. The van der Waals surface area contributed by atoms with Crippen LogP contribution in [0.25, 0.3) is 0 Å². The highest BCUT2D eigenvalue weighted by atomic mass is 35.5. The van der Waals surface area contributed by atoms with E-state index in [-0.39, 0.29) is 0 Å². The molecule has 2 rings (SSSR count). The van der Waals surface area contributed by atoms with Crippen molar-refractivity contribution in [2.24, 2.45) is 0 Å². The minimum Gasteiger partial charge on any atom is -0.388 e. The van der Waals surface area contributed by atoms with Gasteiger partial charge in [-0.15, -0.1) is 0 Å². The van der Waals surface area contributed by atoms with Gasteiger partial charge in [0, 0.05) is 6.42 Å². The van der Waals surface area contributed by atoms with Crippen LogP contribution in [-0.4, -0.2) is 5.11 Å². The summed E-state index contributed by atoms with van der Waals surface area (Å²) in [5.41, 5.74) is 4.44. The first kappa shape index (κ1) is 16.4. The second-order valence-corrected chi connectivity index (χ2v) is 6.02. The Morgan fingerprint density at radius 1 is 0.905 bits per heavy atom. The van der Waals surface area contributed by atoms with Crippen molar-refractivity contribution in [1.82, 2.24) is 0 Å². The summed E-state index contributed by atoms with van der Waals surface area (Å²) >= 11 is 12.0. The molecule has 0 aliphatic carbocycles. The second kappa shape index (κ2) is 7.31. The van der Waals surface area contributed by atoms with Crippen LogP contribution in [0.3, 0.4) is 0 Å². The summed E-state index contributed by atoms with van der Waals surface area (Å²) < 4.78 is 0. The maximum absolute atomic E-state index is 10.6. The fraction of sp³-hybridized carbons (Fsp3) is 0.333. The molecule has 0 saturated heterocycles. The summed E-state index contributed by atoms with van der Waals surface area (Å²) in [4.78, 5) is 0. The molecule has 1 N–H and O–H groups in total. The Morgan fingerprint density at radius 2 is 1.62 bits per heavy atom. The summed E-state index contributed by atoms with van der Waals surface area (Å²) in [5, 5.41) is 11.7. The standard InChI is InChI=1S/C18H20Cl2O/c1-3-12-5-7-14(4-2)15(9-12)18(21)11-13-6-8-16(19)17(20)10-13/h5-10,18,21H,3-4,11H2,1-2H3. The van der Waals surface area contributed by atoms with Crippen LogP contribution in [0.1, 0.15) is 42.2 Å². The predicted molar refractivity (Wildman–Crippen MR) is 90.3 cm³/mol. The van der Waals surface area contributed by atoms with Gasteiger partial charge in [0.05, 0.1) is 16.1 Å². The average molecular weight is 323 g/mol. The van der Waals surface area contributed by atoms with Crippen molar-refractivity contribution >= 4 is 23.2 Å². The van der Waals surface area contributed by atoms with Crippen molar-refractivity contribution in [1.29, 1.82) is 0 Å². The first-order valence-corrected chi connectivity index (χ1v) is 8.04. The third-order valence-electron chi connectivity index (χ3n) is 3.77. The molecule has 2 aromatic rings. The molecule has 0 saturated carbocycles. The average Bonchev–Trinajstić information content (AvgIpc) is 2.50. The van der Waals surface area contributed by atoms with Crippen molar-refractivity contribution < 1.29 is 5.11 Å². The number of hydrogen-bond acceptors (Lipinski definition) is 1. The number of aliphatic hydroxyl groups is 1. The van der Waals surface area contributed by atoms with Crippen molar-refractivity contribution in [3.05, 3.63) is 68.7 Å². The second-order valence-electron chi connectivity index (χ2n) is 5.21. The van der Waals surface area contributed by atoms with Gasteiger partial charge in [-0.05, 0) is 47.2 Å². The largest absolute Gasteiger partial charge is 0.388 e. The highest BCUT2D eigenvalue weighted by molar-refractivity contribution is 6.42. The van der Waals surface area contributed by atoms with Gasteiger partial charge < -0.3 is 5.11 Å². The lowest BCUT2D eigenvalue weighted by Gasteiger charge is -2.17. The molecule has 3 heteroatoms. The van der Waals surface area contributed by atoms with Crippen molar-refractivity contribution in [2.45, 2.75) is 39.2 Å². The zero-order valence-corrected chi connectivity index (χ0v) is 13.9. The van der Waals surface area contributed by atoms with E-state index < -0.39 is 6.10 Å². The van der Waals surface area contributed by atoms with E-state index in [0.29, 0.717) is 16.5 Å². The number of rotatable bonds is 5. The van der Waals surface area contributed by atoms with Crippen LogP contribution in [0.15, 0.2) is 36.4 Å². The molecule has 0 radical (unpaired) electrons. The Bertz CT molecular complexity index is 623. The van der Waals surface area contributed by atoms with E-state index >= 15 is 0 Å². The third-order valence-corrected chi connectivity index (χ3v) is 4.51. The molecule has 0 amide bonds. The third kappa shape index (κ3) is 4.00. The quantitative estimate of drug-likeness (QED) is 0.782. The summed E-state index contributed by atoms with van der Waals surface area (Å²) in [5.74, 6) is 0. The molecule has 2 aromatic carbocycles. The van der Waals surface area contributed by atoms with Gasteiger partial charge in [-0.25, -0.2) is 0 Å². The fourth-order valence-corrected chi connectivity index (χ4v) is 2.82. The highest BCUT2D eigenvalue weighted by Gasteiger charge is 2.14. The molecule has 0 spiro atoms. The smallest absolute Gasteiger partial charge is 0.0833 e. The summed E-state index contributed by atoms with van der Waals surface area (Å²) in [6.07, 6.45) is 1.90. The topological polar surface area (TPSA) is 20.2 Å². The molecule has 0 heterocycles. The zero-order chi connectivity index (χ0) is 15.4. The van der Waals surface area contributed by atoms with E-state index in [4.69, 9.17) is 23.2 Å². The normalized spacial score (nSPS) is 12.4. The lowest BCUT2D eigenvalue weighted by atomic mass is 9.93. The molecule has 1 unspecified atom stereocenters. The van der Waals surface area contributed by atoms with Crippen LogP contribution in [0, 0.1) is 0 Å². The monoisotopic (exact) mass is 322 g/mol. The Kier molecular flexibility index (Phi) is 5.69. The molecular weight excluding hydrogens is 303 g/mol. The summed E-state index contributed by atoms with van der Waals surface area (Å²) in [7, 11) is 0. The van der Waals surface area contributed by atoms with E-state index in [1.807, 2.05) is 12.1 Å². The first-order chi connectivity index (χ1) is 10.0. The van der Waals surface area contributed by atoms with Gasteiger partial charge in [0.15, 0.2) is 0 Å². The Hall–Kier alpha value is -1.02. The summed E-state index contributed by atoms with van der Waals surface area (Å²) in [6, 6.07) is 11.9. The van der Waals surface area contributed by atoms with Crippen LogP contribution < -0.4 is 0 Å². The fourth-order valence-electron chi connectivity index (χ4n) is 2.50. The lowest BCUT2D eigenvalue weighted by molar-refractivity contribution is 0.177. The number of aliphatic hydroxyl groups excluding tert-OH is 1. The van der Waals surface area contributed by atoms with E-state index in [9.17, 15) is 5.11 Å². The van der Waals surface area contributed by atoms with E-state index in [1.54, 1.807) is 6.07 Å². The Labute approximate surface area is 136 Å². The van der Waals surface area contributed by atoms with Gasteiger partial charge in [0.25, 0.3) is 0 Å². The van der Waals surface area contributed by atoms with Gasteiger partial charge in [0.2, 0.25) is 0 Å².